The van der Waals surface area contributed by atoms with Crippen molar-refractivity contribution in [3.05, 3.63) is 34.8 Å². The number of aryl methyl sites for hydroxylation is 2. The van der Waals surface area contributed by atoms with Crippen LogP contribution in [0.1, 0.15) is 10.6 Å². The number of ether oxygens (including phenoxy) is 1. The normalized spacial score (nSPS) is 10.8. The van der Waals surface area contributed by atoms with Gasteiger partial charge in [0.05, 0.1) is 18.6 Å². The van der Waals surface area contributed by atoms with E-state index >= 15 is 0 Å². The molecular formula is C17H19N5O2S2. The fraction of sp³-hybridized carbons (Fsp3) is 0.294. The quantitative estimate of drug-likeness (QED) is 0.652. The number of hydrogen-bond donors (Lipinski definition) is 1. The number of amides is 1. The van der Waals surface area contributed by atoms with Gasteiger partial charge in [0.15, 0.2) is 16.1 Å². The summed E-state index contributed by atoms with van der Waals surface area (Å²) >= 11 is 2.81. The Morgan fingerprint density at radius 2 is 2.15 bits per heavy atom. The smallest absolute Gasteiger partial charge is 0.236 e. The lowest BCUT2D eigenvalue weighted by Gasteiger charge is -2.05. The largest absolute Gasteiger partial charge is 0.497 e. The van der Waals surface area contributed by atoms with E-state index in [0.29, 0.717) is 10.3 Å². The number of rotatable bonds is 6. The summed E-state index contributed by atoms with van der Waals surface area (Å²) in [4.78, 5) is 17.6. The first-order chi connectivity index (χ1) is 12.5. The Kier molecular flexibility index (Phi) is 5.58. The molecule has 0 spiro atoms. The lowest BCUT2D eigenvalue weighted by Crippen LogP contribution is -2.14. The van der Waals surface area contributed by atoms with Gasteiger partial charge in [0, 0.05) is 17.5 Å². The van der Waals surface area contributed by atoms with Crippen LogP contribution in [0.2, 0.25) is 0 Å². The summed E-state index contributed by atoms with van der Waals surface area (Å²) in [5.74, 6) is 1.60. The van der Waals surface area contributed by atoms with E-state index in [2.05, 4.69) is 20.5 Å². The van der Waals surface area contributed by atoms with Crippen molar-refractivity contribution in [1.29, 1.82) is 0 Å². The molecule has 1 amide bonds. The summed E-state index contributed by atoms with van der Waals surface area (Å²) in [5.41, 5.74) is 1.85. The number of carbonyl (C=O) groups excluding carboxylic acids is 1. The minimum absolute atomic E-state index is 0.116. The lowest BCUT2D eigenvalue weighted by atomic mass is 10.2. The molecule has 0 fully saturated rings. The maximum atomic E-state index is 12.1. The standard InChI is InChI=1S/C17H19N5O2S2/c1-10-11(2)26-16(18-10)19-14(23)9-25-17-21-20-15(22(17)3)12-6-5-7-13(8-12)24-4/h5-8H,9H2,1-4H3,(H,18,19,23). The van der Waals surface area contributed by atoms with Gasteiger partial charge < -0.3 is 14.6 Å². The van der Waals surface area contributed by atoms with Crippen molar-refractivity contribution in [3.63, 3.8) is 0 Å². The van der Waals surface area contributed by atoms with Crippen LogP contribution in [0.3, 0.4) is 0 Å². The fourth-order valence-corrected chi connectivity index (χ4v) is 3.81. The van der Waals surface area contributed by atoms with Crippen LogP contribution in [0.4, 0.5) is 5.13 Å². The van der Waals surface area contributed by atoms with E-state index < -0.39 is 0 Å². The SMILES string of the molecule is COc1cccc(-c2nnc(SCC(=O)Nc3nc(C)c(C)s3)n2C)c1. The van der Waals surface area contributed by atoms with Crippen LogP contribution in [-0.4, -0.2) is 38.5 Å². The average Bonchev–Trinajstić information content (AvgIpc) is 3.15. The molecule has 136 valence electrons. The van der Waals surface area contributed by atoms with E-state index in [1.807, 2.05) is 49.7 Å². The van der Waals surface area contributed by atoms with Gasteiger partial charge in [-0.3, -0.25) is 4.79 Å². The molecule has 0 radical (unpaired) electrons. The highest BCUT2D eigenvalue weighted by molar-refractivity contribution is 7.99. The van der Waals surface area contributed by atoms with Gasteiger partial charge in [-0.1, -0.05) is 23.9 Å². The van der Waals surface area contributed by atoms with E-state index in [1.54, 1.807) is 7.11 Å². The number of aromatic nitrogens is 4. The Labute approximate surface area is 159 Å². The van der Waals surface area contributed by atoms with Gasteiger partial charge in [0.2, 0.25) is 5.91 Å². The van der Waals surface area contributed by atoms with Gasteiger partial charge in [-0.05, 0) is 26.0 Å². The molecule has 0 unspecified atom stereocenters. The summed E-state index contributed by atoms with van der Waals surface area (Å²) in [5, 5.41) is 12.5. The van der Waals surface area contributed by atoms with Gasteiger partial charge in [0.25, 0.3) is 0 Å². The van der Waals surface area contributed by atoms with E-state index in [1.165, 1.54) is 23.1 Å². The van der Waals surface area contributed by atoms with Crippen LogP contribution in [0.15, 0.2) is 29.4 Å². The van der Waals surface area contributed by atoms with Crippen molar-refractivity contribution >= 4 is 34.1 Å². The predicted molar refractivity (Wildman–Crippen MR) is 104 cm³/mol. The second-order valence-corrected chi connectivity index (χ2v) is 7.74. The molecule has 0 saturated carbocycles. The van der Waals surface area contributed by atoms with Crippen LogP contribution in [0, 0.1) is 13.8 Å². The van der Waals surface area contributed by atoms with Crippen molar-refractivity contribution in [2.45, 2.75) is 19.0 Å². The number of nitrogens with zero attached hydrogens (tertiary/aromatic N) is 4. The molecule has 9 heteroatoms. The monoisotopic (exact) mass is 389 g/mol. The molecule has 3 aromatic rings. The average molecular weight is 390 g/mol. The third-order valence-corrected chi connectivity index (χ3v) is 5.78. The molecule has 0 saturated heterocycles. The van der Waals surface area contributed by atoms with Crippen molar-refractivity contribution in [2.75, 3.05) is 18.2 Å². The molecule has 2 aromatic heterocycles. The highest BCUT2D eigenvalue weighted by Crippen LogP contribution is 2.26. The highest BCUT2D eigenvalue weighted by Gasteiger charge is 2.14. The number of anilines is 1. The van der Waals surface area contributed by atoms with Crippen LogP contribution in [0.25, 0.3) is 11.4 Å². The zero-order chi connectivity index (χ0) is 18.7. The molecule has 1 aromatic carbocycles. The number of benzene rings is 1. The molecule has 3 rings (SSSR count). The van der Waals surface area contributed by atoms with E-state index in [9.17, 15) is 4.79 Å². The first-order valence-electron chi connectivity index (χ1n) is 7.88. The maximum Gasteiger partial charge on any atom is 0.236 e. The van der Waals surface area contributed by atoms with Gasteiger partial charge in [-0.25, -0.2) is 4.98 Å². The number of thioether (sulfide) groups is 1. The lowest BCUT2D eigenvalue weighted by molar-refractivity contribution is -0.113. The molecule has 1 N–H and O–H groups in total. The summed E-state index contributed by atoms with van der Waals surface area (Å²) in [6, 6.07) is 7.63. The maximum absolute atomic E-state index is 12.1. The predicted octanol–water partition coefficient (Wildman–Crippen LogP) is 3.29. The summed E-state index contributed by atoms with van der Waals surface area (Å²) in [7, 11) is 3.50. The number of hydrogen-bond acceptors (Lipinski definition) is 7. The Morgan fingerprint density at radius 3 is 2.85 bits per heavy atom. The molecule has 0 atom stereocenters. The Hall–Kier alpha value is -2.39. The molecule has 0 aliphatic carbocycles. The van der Waals surface area contributed by atoms with Crippen LogP contribution < -0.4 is 10.1 Å². The Balaban J connectivity index is 1.65. The Morgan fingerprint density at radius 1 is 1.35 bits per heavy atom. The number of carbonyl (C=O) groups is 1. The molecular weight excluding hydrogens is 370 g/mol. The van der Waals surface area contributed by atoms with E-state index in [4.69, 9.17) is 4.74 Å². The number of methoxy groups -OCH3 is 1. The third-order valence-electron chi connectivity index (χ3n) is 3.77. The molecule has 26 heavy (non-hydrogen) atoms. The summed E-state index contributed by atoms with van der Waals surface area (Å²) in [6.07, 6.45) is 0. The van der Waals surface area contributed by atoms with Gasteiger partial charge in [-0.15, -0.1) is 21.5 Å². The van der Waals surface area contributed by atoms with Crippen molar-refractivity contribution in [2.24, 2.45) is 7.05 Å². The van der Waals surface area contributed by atoms with E-state index in [-0.39, 0.29) is 11.7 Å². The Bertz CT molecular complexity index is 916. The van der Waals surface area contributed by atoms with Gasteiger partial charge >= 0.3 is 0 Å². The second kappa shape index (κ2) is 7.88. The first kappa shape index (κ1) is 18.4. The molecule has 7 nitrogen and oxygen atoms in total. The zero-order valence-corrected chi connectivity index (χ0v) is 16.6. The van der Waals surface area contributed by atoms with Gasteiger partial charge in [0.1, 0.15) is 5.75 Å². The number of thiazole rings is 1. The topological polar surface area (TPSA) is 81.9 Å². The zero-order valence-electron chi connectivity index (χ0n) is 14.9. The summed E-state index contributed by atoms with van der Waals surface area (Å²) in [6.45, 7) is 3.91. The third kappa shape index (κ3) is 4.05. The van der Waals surface area contributed by atoms with Crippen molar-refractivity contribution in [1.82, 2.24) is 19.7 Å². The van der Waals surface area contributed by atoms with Crippen LogP contribution in [0.5, 0.6) is 5.75 Å². The van der Waals surface area contributed by atoms with Crippen molar-refractivity contribution < 1.29 is 9.53 Å². The first-order valence-corrected chi connectivity index (χ1v) is 9.68. The second-order valence-electron chi connectivity index (χ2n) is 5.59. The minimum atomic E-state index is -0.116. The minimum Gasteiger partial charge on any atom is -0.497 e. The molecule has 0 aliphatic rings. The van der Waals surface area contributed by atoms with E-state index in [0.717, 1.165) is 27.7 Å². The van der Waals surface area contributed by atoms with Gasteiger partial charge in [-0.2, -0.15) is 0 Å². The van der Waals surface area contributed by atoms with Crippen LogP contribution >= 0.6 is 23.1 Å². The highest BCUT2D eigenvalue weighted by atomic mass is 32.2. The molecule has 0 aliphatic heterocycles. The number of nitrogens with one attached hydrogen (secondary N) is 1. The fourth-order valence-electron chi connectivity index (χ4n) is 2.27. The van der Waals surface area contributed by atoms with Crippen LogP contribution in [-0.2, 0) is 11.8 Å². The molecule has 2 heterocycles. The van der Waals surface area contributed by atoms with Crippen molar-refractivity contribution in [3.8, 4) is 17.1 Å². The summed E-state index contributed by atoms with van der Waals surface area (Å²) < 4.78 is 7.11. The molecule has 0 bridgehead atoms.